The van der Waals surface area contributed by atoms with Gasteiger partial charge in [0.25, 0.3) is 0 Å². The Bertz CT molecular complexity index is 1730. The van der Waals surface area contributed by atoms with Crippen LogP contribution in [0.3, 0.4) is 0 Å². The summed E-state index contributed by atoms with van der Waals surface area (Å²) < 4.78 is 16.8. The van der Waals surface area contributed by atoms with Crippen molar-refractivity contribution in [2.45, 2.75) is 316 Å². The van der Waals surface area contributed by atoms with Crippen LogP contribution in [0, 0.1) is 0 Å². The van der Waals surface area contributed by atoms with Crippen molar-refractivity contribution in [1.82, 2.24) is 0 Å². The number of unbranched alkanes of at least 4 members (excludes halogenated alkanes) is 28. The average molecular weight is 1140 g/mol. The minimum absolute atomic E-state index is 0.0882. The van der Waals surface area contributed by atoms with E-state index >= 15 is 0 Å². The lowest BCUT2D eigenvalue weighted by molar-refractivity contribution is -0.167. The van der Waals surface area contributed by atoms with Crippen LogP contribution in [0.15, 0.2) is 134 Å². The summed E-state index contributed by atoms with van der Waals surface area (Å²) in [6.45, 7) is 6.35. The number of hydrogen-bond donors (Lipinski definition) is 0. The molecule has 1 unspecified atom stereocenters. The summed E-state index contributed by atoms with van der Waals surface area (Å²) in [5.41, 5.74) is 0. The molecule has 0 aromatic rings. The highest BCUT2D eigenvalue weighted by molar-refractivity contribution is 5.71. The number of hydrogen-bond acceptors (Lipinski definition) is 6. The molecule has 0 aliphatic rings. The lowest BCUT2D eigenvalue weighted by atomic mass is 10.0. The molecule has 0 bridgehead atoms. The molecule has 466 valence electrons. The molecule has 0 saturated carbocycles. The first kappa shape index (κ1) is 77.5. The van der Waals surface area contributed by atoms with Crippen LogP contribution in [0.2, 0.25) is 0 Å². The zero-order valence-corrected chi connectivity index (χ0v) is 53.5. The van der Waals surface area contributed by atoms with Crippen molar-refractivity contribution < 1.29 is 28.6 Å². The monoisotopic (exact) mass is 1130 g/mol. The molecular weight excluding hydrogens is 1010 g/mol. The second-order valence-electron chi connectivity index (χ2n) is 22.3. The van der Waals surface area contributed by atoms with Gasteiger partial charge in [-0.25, -0.2) is 0 Å². The van der Waals surface area contributed by atoms with Crippen LogP contribution < -0.4 is 0 Å². The number of carbonyl (C=O) groups is 3. The summed E-state index contributed by atoms with van der Waals surface area (Å²) in [4.78, 5) is 38.1. The first-order valence-corrected chi connectivity index (χ1v) is 34.2. The van der Waals surface area contributed by atoms with Gasteiger partial charge < -0.3 is 14.2 Å². The molecule has 0 saturated heterocycles. The molecule has 82 heavy (non-hydrogen) atoms. The van der Waals surface area contributed by atoms with Crippen molar-refractivity contribution in [3.63, 3.8) is 0 Å². The van der Waals surface area contributed by atoms with Crippen LogP contribution >= 0.6 is 0 Å². The summed E-state index contributed by atoms with van der Waals surface area (Å²) in [6.07, 6.45) is 98.0. The molecule has 0 heterocycles. The topological polar surface area (TPSA) is 78.9 Å². The molecule has 0 radical (unpaired) electrons. The maximum absolute atomic E-state index is 12.9. The van der Waals surface area contributed by atoms with Gasteiger partial charge in [-0.3, -0.25) is 14.4 Å². The molecule has 6 nitrogen and oxygen atoms in total. The van der Waals surface area contributed by atoms with Crippen LogP contribution in [-0.4, -0.2) is 37.2 Å². The quantitative estimate of drug-likeness (QED) is 0.0261. The minimum atomic E-state index is -0.791. The molecule has 0 fully saturated rings. The van der Waals surface area contributed by atoms with Crippen molar-refractivity contribution in [3.05, 3.63) is 134 Å². The van der Waals surface area contributed by atoms with E-state index in [2.05, 4.69) is 154 Å². The van der Waals surface area contributed by atoms with Crippen molar-refractivity contribution in [1.29, 1.82) is 0 Å². The first-order chi connectivity index (χ1) is 40.5. The molecule has 0 aliphatic carbocycles. The molecule has 0 aromatic heterocycles. The largest absolute Gasteiger partial charge is 0.462 e. The lowest BCUT2D eigenvalue weighted by Crippen LogP contribution is -2.30. The van der Waals surface area contributed by atoms with E-state index in [9.17, 15) is 14.4 Å². The highest BCUT2D eigenvalue weighted by Gasteiger charge is 2.19. The molecule has 1 atom stereocenters. The fraction of sp³-hybridized carbons (Fsp3) is 0.671. The molecule has 0 aliphatic heterocycles. The normalized spacial score (nSPS) is 13.0. The first-order valence-electron chi connectivity index (χ1n) is 34.2. The smallest absolute Gasteiger partial charge is 0.306 e. The van der Waals surface area contributed by atoms with Crippen LogP contribution in [0.5, 0.6) is 0 Å². The summed E-state index contributed by atoms with van der Waals surface area (Å²) in [6, 6.07) is 0. The SMILES string of the molecule is CC/C=C\C/C=C\C/C=C\C/C=C\C/C=C\C/C=C\CCCCCCC(=O)OC(COC(=O)CCCCCCCC)COC(=O)CCCCCCCCCCCCCCCCCCCCC/C=C\C/C=C\C/C=C\C/C=C\C/C=C\CC. The van der Waals surface area contributed by atoms with E-state index in [1.807, 2.05) is 0 Å². The van der Waals surface area contributed by atoms with Gasteiger partial charge in [0.05, 0.1) is 0 Å². The second kappa shape index (κ2) is 69.0. The zero-order chi connectivity index (χ0) is 59.2. The van der Waals surface area contributed by atoms with Crippen LogP contribution in [0.1, 0.15) is 310 Å². The average Bonchev–Trinajstić information content (AvgIpc) is 3.47. The van der Waals surface area contributed by atoms with Gasteiger partial charge in [0.1, 0.15) is 13.2 Å². The van der Waals surface area contributed by atoms with E-state index in [1.54, 1.807) is 0 Å². The fourth-order valence-electron chi connectivity index (χ4n) is 9.36. The predicted molar refractivity (Wildman–Crippen MR) is 357 cm³/mol. The van der Waals surface area contributed by atoms with E-state index < -0.39 is 6.10 Å². The molecule has 0 aromatic carbocycles. The van der Waals surface area contributed by atoms with Crippen molar-refractivity contribution in [3.8, 4) is 0 Å². The Kier molecular flexibility index (Phi) is 65.3. The number of rotatable bonds is 61. The Hall–Kier alpha value is -4.45. The van der Waals surface area contributed by atoms with E-state index in [0.29, 0.717) is 19.3 Å². The number of ether oxygens (including phenoxy) is 3. The van der Waals surface area contributed by atoms with E-state index in [1.165, 1.54) is 128 Å². The van der Waals surface area contributed by atoms with Crippen molar-refractivity contribution in [2.75, 3.05) is 13.2 Å². The molecule has 0 N–H and O–H groups in total. The molecule has 6 heteroatoms. The minimum Gasteiger partial charge on any atom is -0.462 e. The van der Waals surface area contributed by atoms with E-state index in [-0.39, 0.29) is 31.1 Å². The van der Waals surface area contributed by atoms with Gasteiger partial charge >= 0.3 is 17.9 Å². The Morgan fingerprint density at radius 2 is 0.476 bits per heavy atom. The number of esters is 3. The van der Waals surface area contributed by atoms with Crippen molar-refractivity contribution in [2.24, 2.45) is 0 Å². The van der Waals surface area contributed by atoms with Crippen LogP contribution in [0.25, 0.3) is 0 Å². The van der Waals surface area contributed by atoms with E-state index in [0.717, 1.165) is 141 Å². The Labute approximate surface area is 506 Å². The van der Waals surface area contributed by atoms with Gasteiger partial charge in [-0.1, -0.05) is 309 Å². The fourth-order valence-corrected chi connectivity index (χ4v) is 9.36. The maximum Gasteiger partial charge on any atom is 0.306 e. The third kappa shape index (κ3) is 66.4. The summed E-state index contributed by atoms with van der Waals surface area (Å²) in [5.74, 6) is -0.917. The molecule has 0 rings (SSSR count). The maximum atomic E-state index is 12.9. The second-order valence-corrected chi connectivity index (χ2v) is 22.3. The third-order valence-electron chi connectivity index (χ3n) is 14.4. The van der Waals surface area contributed by atoms with Gasteiger partial charge in [0.2, 0.25) is 0 Å². The molecule has 0 spiro atoms. The zero-order valence-electron chi connectivity index (χ0n) is 53.5. The summed E-state index contributed by atoms with van der Waals surface area (Å²) in [7, 11) is 0. The van der Waals surface area contributed by atoms with Crippen LogP contribution in [-0.2, 0) is 28.6 Å². The van der Waals surface area contributed by atoms with Crippen molar-refractivity contribution >= 4 is 17.9 Å². The van der Waals surface area contributed by atoms with Gasteiger partial charge in [-0.15, -0.1) is 0 Å². The third-order valence-corrected chi connectivity index (χ3v) is 14.4. The Balaban J connectivity index is 4.04. The number of allylic oxidation sites excluding steroid dienone is 22. The summed E-state index contributed by atoms with van der Waals surface area (Å²) in [5, 5.41) is 0. The standard InChI is InChI=1S/C76H126O6/c1-4-7-10-13-16-18-20-22-24-26-28-30-32-33-34-35-36-37-38-39-40-41-42-43-45-46-48-50-52-54-56-58-60-63-66-69-75(78)81-72-73(71-80-74(77)68-65-62-15-12-9-6-3)82-76(79)70-67-64-61-59-57-55-53-51-49-47-44-31-29-27-25-23-21-19-17-14-11-8-5-2/h7-8,10-11,16-19,22-25,28-31,33-34,47,49,53,55,73H,4-6,9,12-15,20-21,26-27,32,35-46,48,50-52,54,56-72H2,1-3H3/b10-7-,11-8-,18-16-,19-17-,24-22-,25-23-,30-28-,31-29-,34-33-,49-47-,55-53-. The van der Waals surface area contributed by atoms with Gasteiger partial charge in [0.15, 0.2) is 6.10 Å². The van der Waals surface area contributed by atoms with Gasteiger partial charge in [0, 0.05) is 19.3 Å². The molecule has 0 amide bonds. The molecular formula is C76H126O6. The van der Waals surface area contributed by atoms with Gasteiger partial charge in [-0.2, -0.15) is 0 Å². The summed E-state index contributed by atoms with van der Waals surface area (Å²) >= 11 is 0. The Morgan fingerprint density at radius 3 is 0.744 bits per heavy atom. The predicted octanol–water partition coefficient (Wildman–Crippen LogP) is 23.7. The lowest BCUT2D eigenvalue weighted by Gasteiger charge is -2.18. The number of carbonyl (C=O) groups excluding carboxylic acids is 3. The highest BCUT2D eigenvalue weighted by atomic mass is 16.6. The van der Waals surface area contributed by atoms with E-state index in [4.69, 9.17) is 14.2 Å². The van der Waals surface area contributed by atoms with Gasteiger partial charge in [-0.05, 0) is 116 Å². The Morgan fingerprint density at radius 1 is 0.256 bits per heavy atom. The van der Waals surface area contributed by atoms with Crippen LogP contribution in [0.4, 0.5) is 0 Å². The highest BCUT2D eigenvalue weighted by Crippen LogP contribution is 2.17.